The molecule has 3 heterocycles. The number of carbonyl (C=O) groups is 1. The van der Waals surface area contributed by atoms with E-state index < -0.39 is 0 Å². The minimum Gasteiger partial charge on any atom is -0.473 e. The summed E-state index contributed by atoms with van der Waals surface area (Å²) in [5, 5.41) is 5.37. The summed E-state index contributed by atoms with van der Waals surface area (Å²) in [5.41, 5.74) is 3.24. The van der Waals surface area contributed by atoms with Crippen molar-refractivity contribution in [3.05, 3.63) is 53.3 Å². The summed E-state index contributed by atoms with van der Waals surface area (Å²) >= 11 is 0. The maximum atomic E-state index is 12.6. The molecule has 28 heavy (non-hydrogen) atoms. The van der Waals surface area contributed by atoms with Gasteiger partial charge in [-0.05, 0) is 36.2 Å². The zero-order chi connectivity index (χ0) is 19.5. The van der Waals surface area contributed by atoms with E-state index in [0.29, 0.717) is 44.4 Å². The Morgan fingerprint density at radius 3 is 3.00 bits per heavy atom. The molecule has 1 aromatic carbocycles. The molecule has 1 saturated heterocycles. The van der Waals surface area contributed by atoms with E-state index in [9.17, 15) is 4.79 Å². The van der Waals surface area contributed by atoms with Crippen molar-refractivity contribution in [1.82, 2.24) is 14.8 Å². The second-order valence-corrected chi connectivity index (χ2v) is 6.93. The summed E-state index contributed by atoms with van der Waals surface area (Å²) in [4.78, 5) is 16.8. The summed E-state index contributed by atoms with van der Waals surface area (Å²) in [6.45, 7) is 4.04. The number of rotatable bonds is 6. The Bertz CT molecular complexity index is 992. The normalized spacial score (nSPS) is 17.0. The fraction of sp³-hybridized carbons (Fsp3) is 0.381. The average molecular weight is 381 g/mol. The Labute approximate surface area is 163 Å². The van der Waals surface area contributed by atoms with Crippen LogP contribution in [0.5, 0.6) is 5.88 Å². The predicted molar refractivity (Wildman–Crippen MR) is 104 cm³/mol. The van der Waals surface area contributed by atoms with Crippen molar-refractivity contribution in [2.45, 2.75) is 19.4 Å². The number of hydrogen-bond acceptors (Lipinski definition) is 6. The Hall–Kier alpha value is -2.77. The van der Waals surface area contributed by atoms with Crippen molar-refractivity contribution < 1.29 is 19.0 Å². The smallest absolute Gasteiger partial charge is 0.240 e. The second-order valence-electron chi connectivity index (χ2n) is 6.93. The van der Waals surface area contributed by atoms with Crippen LogP contribution in [0.2, 0.25) is 0 Å². The SMILES string of the molecule is Cc1cccnc1C(=O)Cc1ccc2c(OC[C@@H]3COCCO3)nn(C)c2c1. The van der Waals surface area contributed by atoms with Gasteiger partial charge in [0.1, 0.15) is 18.4 Å². The number of Topliss-reactive ketones (excluding diaryl/α,β-unsaturated/α-hetero) is 1. The van der Waals surface area contributed by atoms with Crippen LogP contribution in [0.4, 0.5) is 0 Å². The molecular formula is C21H23N3O4. The highest BCUT2D eigenvalue weighted by atomic mass is 16.6. The van der Waals surface area contributed by atoms with Gasteiger partial charge in [0.15, 0.2) is 5.78 Å². The van der Waals surface area contributed by atoms with Crippen molar-refractivity contribution in [2.75, 3.05) is 26.4 Å². The standard InChI is InChI=1S/C21H23N3O4/c1-14-4-3-7-22-20(14)19(25)11-15-5-6-17-18(10-15)24(2)23-21(17)28-13-16-12-26-8-9-27-16/h3-7,10,16H,8-9,11-13H2,1-2H3/t16-/m0/s1. The minimum absolute atomic E-state index is 0.00513. The van der Waals surface area contributed by atoms with Crippen molar-refractivity contribution in [3.63, 3.8) is 0 Å². The lowest BCUT2D eigenvalue weighted by atomic mass is 10.0. The van der Waals surface area contributed by atoms with Crippen molar-refractivity contribution in [1.29, 1.82) is 0 Å². The van der Waals surface area contributed by atoms with Gasteiger partial charge in [0.05, 0.1) is 30.7 Å². The molecule has 4 rings (SSSR count). The van der Waals surface area contributed by atoms with Gasteiger partial charge in [-0.15, -0.1) is 5.10 Å². The van der Waals surface area contributed by atoms with Gasteiger partial charge < -0.3 is 14.2 Å². The van der Waals surface area contributed by atoms with Crippen LogP contribution < -0.4 is 4.74 Å². The van der Waals surface area contributed by atoms with Crippen molar-refractivity contribution >= 4 is 16.7 Å². The maximum Gasteiger partial charge on any atom is 0.240 e. The molecule has 1 aliphatic heterocycles. The third kappa shape index (κ3) is 3.90. The molecule has 3 aromatic rings. The van der Waals surface area contributed by atoms with E-state index in [-0.39, 0.29) is 11.9 Å². The molecule has 146 valence electrons. The number of ether oxygens (including phenoxy) is 3. The van der Waals surface area contributed by atoms with Crippen molar-refractivity contribution in [2.24, 2.45) is 7.05 Å². The molecule has 0 spiro atoms. The topological polar surface area (TPSA) is 75.5 Å². The monoisotopic (exact) mass is 381 g/mol. The van der Waals surface area contributed by atoms with Crippen LogP contribution in [-0.2, 0) is 22.9 Å². The lowest BCUT2D eigenvalue weighted by Gasteiger charge is -2.22. The van der Waals surface area contributed by atoms with Gasteiger partial charge in [-0.3, -0.25) is 14.5 Å². The molecule has 0 saturated carbocycles. The van der Waals surface area contributed by atoms with Crippen LogP contribution >= 0.6 is 0 Å². The fourth-order valence-corrected chi connectivity index (χ4v) is 3.34. The molecular weight excluding hydrogens is 358 g/mol. The largest absolute Gasteiger partial charge is 0.473 e. The molecule has 7 nitrogen and oxygen atoms in total. The molecule has 0 bridgehead atoms. The summed E-state index contributed by atoms with van der Waals surface area (Å²) in [6, 6.07) is 9.59. The maximum absolute atomic E-state index is 12.6. The van der Waals surface area contributed by atoms with E-state index in [1.165, 1.54) is 0 Å². The van der Waals surface area contributed by atoms with Crippen molar-refractivity contribution in [3.8, 4) is 5.88 Å². The van der Waals surface area contributed by atoms with Gasteiger partial charge in [0, 0.05) is 19.7 Å². The van der Waals surface area contributed by atoms with Gasteiger partial charge >= 0.3 is 0 Å². The number of aryl methyl sites for hydroxylation is 2. The zero-order valence-electron chi connectivity index (χ0n) is 16.1. The first-order valence-corrected chi connectivity index (χ1v) is 9.34. The van der Waals surface area contributed by atoms with Crippen LogP contribution in [0.3, 0.4) is 0 Å². The molecule has 7 heteroatoms. The first-order chi connectivity index (χ1) is 13.6. The van der Waals surface area contributed by atoms with Crippen LogP contribution in [0.1, 0.15) is 21.6 Å². The molecule has 1 aliphatic rings. The van der Waals surface area contributed by atoms with E-state index in [0.717, 1.165) is 22.0 Å². The molecule has 0 radical (unpaired) electrons. The lowest BCUT2D eigenvalue weighted by Crippen LogP contribution is -2.33. The number of nitrogens with zero attached hydrogens (tertiary/aromatic N) is 3. The van der Waals surface area contributed by atoms with Gasteiger partial charge in [0.2, 0.25) is 5.88 Å². The number of ketones is 1. The van der Waals surface area contributed by atoms with Crippen LogP contribution in [-0.4, -0.2) is 53.1 Å². The third-order valence-corrected chi connectivity index (χ3v) is 4.81. The summed E-state index contributed by atoms with van der Waals surface area (Å²) < 4.78 is 18.6. The number of hydrogen-bond donors (Lipinski definition) is 0. The molecule has 0 aliphatic carbocycles. The summed E-state index contributed by atoms with van der Waals surface area (Å²) in [7, 11) is 1.86. The highest BCUT2D eigenvalue weighted by molar-refractivity contribution is 5.97. The van der Waals surface area contributed by atoms with E-state index in [4.69, 9.17) is 14.2 Å². The van der Waals surface area contributed by atoms with E-state index >= 15 is 0 Å². The van der Waals surface area contributed by atoms with E-state index in [1.807, 2.05) is 44.3 Å². The van der Waals surface area contributed by atoms with Crippen LogP contribution in [0, 0.1) is 6.92 Å². The van der Waals surface area contributed by atoms with Gasteiger partial charge in [-0.25, -0.2) is 0 Å². The van der Waals surface area contributed by atoms with Crippen LogP contribution in [0.25, 0.3) is 10.9 Å². The van der Waals surface area contributed by atoms with E-state index in [2.05, 4.69) is 10.1 Å². The van der Waals surface area contributed by atoms with Gasteiger partial charge in [-0.1, -0.05) is 12.1 Å². The first-order valence-electron chi connectivity index (χ1n) is 9.34. The Kier molecular flexibility index (Phi) is 5.36. The first kappa shape index (κ1) is 18.6. The Morgan fingerprint density at radius 1 is 1.32 bits per heavy atom. The summed E-state index contributed by atoms with van der Waals surface area (Å²) in [6.07, 6.45) is 1.86. The highest BCUT2D eigenvalue weighted by Gasteiger charge is 2.18. The number of pyridine rings is 1. The highest BCUT2D eigenvalue weighted by Crippen LogP contribution is 2.26. The van der Waals surface area contributed by atoms with Gasteiger partial charge in [-0.2, -0.15) is 0 Å². The average Bonchev–Trinajstić information content (AvgIpc) is 3.03. The van der Waals surface area contributed by atoms with Crippen LogP contribution in [0.15, 0.2) is 36.5 Å². The number of aromatic nitrogens is 3. The van der Waals surface area contributed by atoms with E-state index in [1.54, 1.807) is 10.9 Å². The minimum atomic E-state index is -0.0793. The molecule has 1 atom stereocenters. The fourth-order valence-electron chi connectivity index (χ4n) is 3.34. The molecule has 2 aromatic heterocycles. The number of fused-ring (bicyclic) bond motifs is 1. The Morgan fingerprint density at radius 2 is 2.21 bits per heavy atom. The quantitative estimate of drug-likeness (QED) is 0.611. The lowest BCUT2D eigenvalue weighted by molar-refractivity contribution is -0.101. The molecule has 0 amide bonds. The van der Waals surface area contributed by atoms with Gasteiger partial charge in [0.25, 0.3) is 0 Å². The molecule has 1 fully saturated rings. The molecule has 0 unspecified atom stereocenters. The zero-order valence-corrected chi connectivity index (χ0v) is 16.1. The summed E-state index contributed by atoms with van der Waals surface area (Å²) in [5.74, 6) is 0.565. The number of carbonyl (C=O) groups excluding carboxylic acids is 1. The predicted octanol–water partition coefficient (Wildman–Crippen LogP) is 2.50. The number of benzene rings is 1. The third-order valence-electron chi connectivity index (χ3n) is 4.81. The molecule has 0 N–H and O–H groups in total. The second kappa shape index (κ2) is 8.08. The Balaban J connectivity index is 1.50.